The zero-order chi connectivity index (χ0) is 23.6. The highest BCUT2D eigenvalue weighted by molar-refractivity contribution is 7.91. The monoisotopic (exact) mass is 468 g/mol. The highest BCUT2D eigenvalue weighted by atomic mass is 32.2. The fourth-order valence-electron chi connectivity index (χ4n) is 2.97. The average Bonchev–Trinajstić information content (AvgIpc) is 3.07. The van der Waals surface area contributed by atoms with Crippen LogP contribution in [0.2, 0.25) is 0 Å². The molecule has 0 spiro atoms. The lowest BCUT2D eigenvalue weighted by molar-refractivity contribution is -0.178. The van der Waals surface area contributed by atoms with Crippen molar-refractivity contribution in [3.63, 3.8) is 0 Å². The summed E-state index contributed by atoms with van der Waals surface area (Å²) in [7, 11) is -2.38. The van der Waals surface area contributed by atoms with E-state index < -0.39 is 39.7 Å². The number of carbonyl (C=O) groups is 3. The van der Waals surface area contributed by atoms with E-state index in [1.54, 1.807) is 0 Å². The van der Waals surface area contributed by atoms with Gasteiger partial charge < -0.3 is 9.47 Å². The predicted molar refractivity (Wildman–Crippen MR) is 110 cm³/mol. The topological polar surface area (TPSA) is 165 Å². The van der Waals surface area contributed by atoms with Gasteiger partial charge in [0.1, 0.15) is 11.9 Å². The second-order valence-electron chi connectivity index (χ2n) is 6.92. The standard InChI is InChI=1S/C19H24N4O8S/c1-29-14-6-8-16(9-7-14)32(27,28)13-15(5-3-2-4-12-21-22-20)30-19(26)31-23-17(24)10-11-18(23)25/h6-9,15H,2-5,10-13H2,1H3. The summed E-state index contributed by atoms with van der Waals surface area (Å²) in [6.07, 6.45) is -0.706. The maximum absolute atomic E-state index is 12.8. The number of amides is 2. The number of hydroxylamine groups is 2. The molecule has 174 valence electrons. The summed E-state index contributed by atoms with van der Waals surface area (Å²) in [4.78, 5) is 42.7. The van der Waals surface area contributed by atoms with Gasteiger partial charge in [-0.25, -0.2) is 13.2 Å². The number of imide groups is 1. The first kappa shape index (κ1) is 25.0. The highest BCUT2D eigenvalue weighted by Crippen LogP contribution is 2.20. The Bertz CT molecular complexity index is 958. The lowest BCUT2D eigenvalue weighted by Crippen LogP contribution is -2.35. The first-order valence-corrected chi connectivity index (χ1v) is 11.5. The summed E-state index contributed by atoms with van der Waals surface area (Å²) in [5.74, 6) is -1.38. The zero-order valence-corrected chi connectivity index (χ0v) is 18.3. The van der Waals surface area contributed by atoms with E-state index in [4.69, 9.17) is 15.0 Å². The molecule has 12 nitrogen and oxygen atoms in total. The number of unbranched alkanes of at least 4 members (excludes halogenated alkanes) is 2. The van der Waals surface area contributed by atoms with Crippen LogP contribution in [0.25, 0.3) is 10.4 Å². The van der Waals surface area contributed by atoms with Gasteiger partial charge in [-0.15, -0.1) is 0 Å². The van der Waals surface area contributed by atoms with Crippen molar-refractivity contribution >= 4 is 27.8 Å². The highest BCUT2D eigenvalue weighted by Gasteiger charge is 2.34. The lowest BCUT2D eigenvalue weighted by atomic mass is 10.1. The van der Waals surface area contributed by atoms with Crippen molar-refractivity contribution in [3.05, 3.63) is 34.7 Å². The van der Waals surface area contributed by atoms with Crippen molar-refractivity contribution in [2.24, 2.45) is 5.11 Å². The molecule has 32 heavy (non-hydrogen) atoms. The number of azide groups is 1. The molecule has 1 unspecified atom stereocenters. The van der Waals surface area contributed by atoms with Crippen molar-refractivity contribution in [2.75, 3.05) is 19.4 Å². The summed E-state index contributed by atoms with van der Waals surface area (Å²) < 4.78 is 35.8. The SMILES string of the molecule is COc1ccc(S(=O)(=O)CC(CCCCCN=[N+]=[N-])OC(=O)ON2C(=O)CCC2=O)cc1. The number of rotatable bonds is 12. The molecule has 1 fully saturated rings. The molecule has 1 heterocycles. The number of hydrogen-bond donors (Lipinski definition) is 0. The van der Waals surface area contributed by atoms with Crippen molar-refractivity contribution in [1.29, 1.82) is 0 Å². The zero-order valence-electron chi connectivity index (χ0n) is 17.5. The van der Waals surface area contributed by atoms with Crippen LogP contribution in [0.5, 0.6) is 5.75 Å². The van der Waals surface area contributed by atoms with Crippen molar-refractivity contribution in [2.45, 2.75) is 49.5 Å². The van der Waals surface area contributed by atoms with Gasteiger partial charge in [-0.1, -0.05) is 16.6 Å². The molecule has 13 heteroatoms. The summed E-state index contributed by atoms with van der Waals surface area (Å²) in [6, 6.07) is 5.75. The van der Waals surface area contributed by atoms with Gasteiger partial charge in [-0.3, -0.25) is 14.4 Å². The van der Waals surface area contributed by atoms with Gasteiger partial charge in [0.25, 0.3) is 11.8 Å². The van der Waals surface area contributed by atoms with Crippen molar-refractivity contribution in [3.8, 4) is 5.75 Å². The summed E-state index contributed by atoms with van der Waals surface area (Å²) in [6.45, 7) is 0.299. The first-order valence-electron chi connectivity index (χ1n) is 9.89. The molecule has 0 saturated carbocycles. The van der Waals surface area contributed by atoms with E-state index in [1.165, 1.54) is 31.4 Å². The Balaban J connectivity index is 2.04. The first-order chi connectivity index (χ1) is 15.3. The molecule has 1 aliphatic heterocycles. The van der Waals surface area contributed by atoms with Crippen LogP contribution in [0.15, 0.2) is 34.3 Å². The number of hydrogen-bond acceptors (Lipinski definition) is 9. The second-order valence-corrected chi connectivity index (χ2v) is 8.96. The van der Waals surface area contributed by atoms with E-state index in [1.807, 2.05) is 0 Å². The normalized spacial score (nSPS) is 14.6. The molecule has 1 aliphatic rings. The minimum absolute atomic E-state index is 0.0218. The third kappa shape index (κ3) is 7.43. The van der Waals surface area contributed by atoms with Crippen LogP contribution < -0.4 is 4.74 Å². The fourth-order valence-corrected chi connectivity index (χ4v) is 4.43. The predicted octanol–water partition coefficient (Wildman–Crippen LogP) is 2.93. The van der Waals surface area contributed by atoms with Crippen LogP contribution in [0.4, 0.5) is 4.79 Å². The van der Waals surface area contributed by atoms with Crippen LogP contribution in [0.1, 0.15) is 38.5 Å². The Labute approximate surface area is 184 Å². The van der Waals surface area contributed by atoms with Crippen LogP contribution in [-0.2, 0) is 29.0 Å². The maximum atomic E-state index is 12.8. The van der Waals surface area contributed by atoms with E-state index in [0.29, 0.717) is 36.6 Å². The molecular weight excluding hydrogens is 444 g/mol. The number of nitrogens with zero attached hydrogens (tertiary/aromatic N) is 4. The van der Waals surface area contributed by atoms with E-state index in [9.17, 15) is 22.8 Å². The fraction of sp³-hybridized carbons (Fsp3) is 0.526. The molecule has 1 aromatic rings. The molecule has 1 saturated heterocycles. The van der Waals surface area contributed by atoms with Crippen LogP contribution in [0.3, 0.4) is 0 Å². The minimum atomic E-state index is -3.83. The molecule has 2 rings (SSSR count). The summed E-state index contributed by atoms with van der Waals surface area (Å²) in [5, 5.41) is 3.75. The molecule has 1 aromatic carbocycles. The molecular formula is C19H24N4O8S. The molecule has 2 amide bonds. The van der Waals surface area contributed by atoms with Crippen molar-refractivity contribution in [1.82, 2.24) is 5.06 Å². The van der Waals surface area contributed by atoms with Gasteiger partial charge in [0, 0.05) is 24.3 Å². The lowest BCUT2D eigenvalue weighted by Gasteiger charge is -2.19. The largest absolute Gasteiger partial charge is 0.534 e. The Morgan fingerprint density at radius 2 is 1.81 bits per heavy atom. The van der Waals surface area contributed by atoms with Gasteiger partial charge in [0.2, 0.25) is 0 Å². The molecule has 0 N–H and O–H groups in total. The Morgan fingerprint density at radius 3 is 2.41 bits per heavy atom. The third-order valence-corrected chi connectivity index (χ3v) is 6.41. The van der Waals surface area contributed by atoms with Gasteiger partial charge in [0.05, 0.1) is 17.8 Å². The van der Waals surface area contributed by atoms with E-state index in [2.05, 4.69) is 14.9 Å². The Kier molecular flexibility index (Phi) is 9.29. The van der Waals surface area contributed by atoms with Crippen LogP contribution in [0, 0.1) is 0 Å². The molecule has 0 radical (unpaired) electrons. The van der Waals surface area contributed by atoms with Crippen molar-refractivity contribution < 1.29 is 37.1 Å². The average molecular weight is 468 g/mol. The number of carbonyl (C=O) groups excluding carboxylic acids is 3. The maximum Gasteiger partial charge on any atom is 0.534 e. The summed E-state index contributed by atoms with van der Waals surface area (Å²) in [5.41, 5.74) is 8.29. The molecule has 1 atom stereocenters. The quantitative estimate of drug-likeness (QED) is 0.113. The molecule has 0 aliphatic carbocycles. The minimum Gasteiger partial charge on any atom is -0.497 e. The number of benzene rings is 1. The van der Waals surface area contributed by atoms with Gasteiger partial charge in [-0.2, -0.15) is 0 Å². The van der Waals surface area contributed by atoms with E-state index in [0.717, 1.165) is 0 Å². The number of methoxy groups -OCH3 is 1. The Morgan fingerprint density at radius 1 is 1.16 bits per heavy atom. The third-order valence-electron chi connectivity index (χ3n) is 4.61. The molecule has 0 aromatic heterocycles. The smallest absolute Gasteiger partial charge is 0.497 e. The molecule has 0 bridgehead atoms. The van der Waals surface area contributed by atoms with Crippen LogP contribution >= 0.6 is 0 Å². The van der Waals surface area contributed by atoms with Gasteiger partial charge in [0.15, 0.2) is 9.84 Å². The number of sulfone groups is 1. The van der Waals surface area contributed by atoms with Gasteiger partial charge >= 0.3 is 6.16 Å². The van der Waals surface area contributed by atoms with E-state index >= 15 is 0 Å². The Hall–Kier alpha value is -3.31. The van der Waals surface area contributed by atoms with Crippen LogP contribution in [-0.4, -0.2) is 57.0 Å². The number of ether oxygens (including phenoxy) is 2. The van der Waals surface area contributed by atoms with Gasteiger partial charge in [-0.05, 0) is 49.1 Å². The van der Waals surface area contributed by atoms with E-state index in [-0.39, 0.29) is 24.2 Å². The summed E-state index contributed by atoms with van der Waals surface area (Å²) >= 11 is 0. The second kappa shape index (κ2) is 11.9.